The van der Waals surface area contributed by atoms with Gasteiger partial charge in [0.2, 0.25) is 6.41 Å². The van der Waals surface area contributed by atoms with Crippen molar-refractivity contribution in [1.29, 1.82) is 0 Å². The van der Waals surface area contributed by atoms with Crippen LogP contribution in [0.2, 0.25) is 0 Å². The normalized spacial score (nSPS) is 11.1. The number of carbonyl (C=O) groups excluding carboxylic acids is 1. The van der Waals surface area contributed by atoms with Gasteiger partial charge in [0.15, 0.2) is 0 Å². The molecule has 0 aliphatic carbocycles. The van der Waals surface area contributed by atoms with Crippen molar-refractivity contribution in [3.8, 4) is 0 Å². The maximum atomic E-state index is 9.87. The van der Waals surface area contributed by atoms with E-state index < -0.39 is 12.0 Å². The van der Waals surface area contributed by atoms with Gasteiger partial charge in [-0.05, 0) is 12.8 Å². The van der Waals surface area contributed by atoms with E-state index in [1.54, 1.807) is 0 Å². The molecule has 0 radical (unpaired) electrons. The van der Waals surface area contributed by atoms with Crippen LogP contribution < -0.4 is 5.32 Å². The van der Waals surface area contributed by atoms with E-state index in [1.807, 2.05) is 0 Å². The maximum Gasteiger partial charge on any atom is 0.325 e. The first-order valence-corrected chi connectivity index (χ1v) is 3.84. The molecule has 0 saturated carbocycles. The summed E-state index contributed by atoms with van der Waals surface area (Å²) in [6.45, 7) is 7.89. The second-order valence-corrected chi connectivity index (χ2v) is 3.08. The summed E-state index contributed by atoms with van der Waals surface area (Å²) >= 11 is 0. The molecule has 0 aliphatic rings. The Morgan fingerprint density at radius 2 is 1.67 bits per heavy atom. The fraction of sp³-hybridized carbons (Fsp3) is 0.750. The molecule has 4 nitrogen and oxygen atoms in total. The average molecular weight is 175 g/mol. The third kappa shape index (κ3) is 16.0. The first kappa shape index (κ1) is 13.5. The molecule has 12 heavy (non-hydrogen) atoms. The average Bonchev–Trinajstić information content (AvgIpc) is 1.86. The van der Waals surface area contributed by atoms with Gasteiger partial charge >= 0.3 is 5.97 Å². The molecule has 0 fully saturated rings. The fourth-order valence-electron chi connectivity index (χ4n) is 0.173. The van der Waals surface area contributed by atoms with Crippen molar-refractivity contribution in [1.82, 2.24) is 5.32 Å². The number of carboxylic acid groups (broad SMARTS) is 1. The van der Waals surface area contributed by atoms with Crippen molar-refractivity contribution in [2.45, 2.75) is 33.7 Å². The van der Waals surface area contributed by atoms with Gasteiger partial charge in [0.1, 0.15) is 6.04 Å². The summed E-state index contributed by atoms with van der Waals surface area (Å²) in [4.78, 5) is 19.4. The number of amides is 1. The minimum absolute atomic E-state index is 0.360. The standard InChI is InChI=1S/C4H7NO3.C4H10/c1-3(4(7)8)5-2-6;1-4(2)3/h2-3H,1H3,(H,5,6)(H,7,8);4H,1-3H3. The number of carboxylic acids is 1. The lowest BCUT2D eigenvalue weighted by atomic mass is 10.3. The van der Waals surface area contributed by atoms with Crippen molar-refractivity contribution >= 4 is 12.4 Å². The monoisotopic (exact) mass is 175 g/mol. The predicted molar refractivity (Wildman–Crippen MR) is 46.8 cm³/mol. The lowest BCUT2D eigenvalue weighted by Gasteiger charge is -2.00. The molecule has 2 N–H and O–H groups in total. The first-order chi connectivity index (χ1) is 5.41. The Morgan fingerprint density at radius 3 is 1.75 bits per heavy atom. The van der Waals surface area contributed by atoms with E-state index in [2.05, 4.69) is 26.1 Å². The zero-order valence-electron chi connectivity index (χ0n) is 8.00. The molecule has 1 unspecified atom stereocenters. The van der Waals surface area contributed by atoms with Crippen LogP contribution in [-0.4, -0.2) is 23.5 Å². The lowest BCUT2D eigenvalue weighted by Crippen LogP contribution is -2.32. The fourth-order valence-corrected chi connectivity index (χ4v) is 0.173. The van der Waals surface area contributed by atoms with Crippen LogP contribution in [0.4, 0.5) is 0 Å². The molecule has 1 amide bonds. The van der Waals surface area contributed by atoms with E-state index in [0.717, 1.165) is 5.92 Å². The molecule has 0 aromatic heterocycles. The van der Waals surface area contributed by atoms with Crippen molar-refractivity contribution in [3.63, 3.8) is 0 Å². The third-order valence-corrected chi connectivity index (χ3v) is 0.688. The highest BCUT2D eigenvalue weighted by molar-refractivity contribution is 5.75. The Balaban J connectivity index is 0. The quantitative estimate of drug-likeness (QED) is 0.625. The van der Waals surface area contributed by atoms with Crippen LogP contribution in [0.25, 0.3) is 0 Å². The van der Waals surface area contributed by atoms with Gasteiger partial charge in [-0.2, -0.15) is 0 Å². The second-order valence-electron chi connectivity index (χ2n) is 3.08. The molecule has 0 aromatic carbocycles. The van der Waals surface area contributed by atoms with Crippen LogP contribution in [-0.2, 0) is 9.59 Å². The van der Waals surface area contributed by atoms with E-state index >= 15 is 0 Å². The van der Waals surface area contributed by atoms with Crippen molar-refractivity contribution in [3.05, 3.63) is 0 Å². The maximum absolute atomic E-state index is 9.87. The van der Waals surface area contributed by atoms with Gasteiger partial charge in [-0.1, -0.05) is 20.8 Å². The van der Waals surface area contributed by atoms with Crippen molar-refractivity contribution in [2.24, 2.45) is 5.92 Å². The Hall–Kier alpha value is -1.06. The summed E-state index contributed by atoms with van der Waals surface area (Å²) in [7, 11) is 0. The summed E-state index contributed by atoms with van der Waals surface area (Å²) in [5, 5.41) is 10.2. The van der Waals surface area contributed by atoms with Gasteiger partial charge in [0.25, 0.3) is 0 Å². The number of rotatable bonds is 3. The molecule has 1 atom stereocenters. The molecule has 4 heteroatoms. The highest BCUT2D eigenvalue weighted by atomic mass is 16.4. The molecule has 0 bridgehead atoms. The number of hydrogen-bond donors (Lipinski definition) is 2. The number of hydrogen-bond acceptors (Lipinski definition) is 2. The molecule has 0 spiro atoms. The third-order valence-electron chi connectivity index (χ3n) is 0.688. The summed E-state index contributed by atoms with van der Waals surface area (Å²) in [5.74, 6) is -0.197. The Kier molecular flexibility index (Phi) is 9.06. The Bertz CT molecular complexity index is 132. The molecule has 0 heterocycles. The van der Waals surface area contributed by atoms with Crippen molar-refractivity contribution < 1.29 is 14.7 Å². The van der Waals surface area contributed by atoms with Crippen molar-refractivity contribution in [2.75, 3.05) is 0 Å². The molecule has 0 saturated heterocycles. The topological polar surface area (TPSA) is 66.4 Å². The Morgan fingerprint density at radius 1 is 1.33 bits per heavy atom. The molecule has 72 valence electrons. The highest BCUT2D eigenvalue weighted by Crippen LogP contribution is 1.81. The smallest absolute Gasteiger partial charge is 0.325 e. The summed E-state index contributed by atoms with van der Waals surface area (Å²) in [6.07, 6.45) is 0.360. The van der Waals surface area contributed by atoms with Crippen LogP contribution in [0.1, 0.15) is 27.7 Å². The van der Waals surface area contributed by atoms with Crippen LogP contribution >= 0.6 is 0 Å². The highest BCUT2D eigenvalue weighted by Gasteiger charge is 2.06. The zero-order chi connectivity index (χ0) is 10.1. The molecule has 0 aromatic rings. The SMILES string of the molecule is CC(C)C.CC(NC=O)C(=O)O. The van der Waals surface area contributed by atoms with E-state index in [1.165, 1.54) is 6.92 Å². The van der Waals surface area contributed by atoms with Gasteiger partial charge in [-0.3, -0.25) is 9.59 Å². The van der Waals surface area contributed by atoms with E-state index in [9.17, 15) is 9.59 Å². The van der Waals surface area contributed by atoms with E-state index in [4.69, 9.17) is 5.11 Å². The van der Waals surface area contributed by atoms with Gasteiger partial charge < -0.3 is 10.4 Å². The largest absolute Gasteiger partial charge is 0.480 e. The summed E-state index contributed by atoms with van der Waals surface area (Å²) < 4.78 is 0. The van der Waals surface area contributed by atoms with Gasteiger partial charge in [0, 0.05) is 0 Å². The minimum atomic E-state index is -1.03. The minimum Gasteiger partial charge on any atom is -0.480 e. The lowest BCUT2D eigenvalue weighted by molar-refractivity contribution is -0.140. The number of nitrogens with one attached hydrogen (secondary N) is 1. The van der Waals surface area contributed by atoms with Crippen LogP contribution in [0, 0.1) is 5.92 Å². The second kappa shape index (κ2) is 8.04. The Labute approximate surface area is 73.0 Å². The molecular weight excluding hydrogens is 158 g/mol. The van der Waals surface area contributed by atoms with Gasteiger partial charge in [0.05, 0.1) is 0 Å². The zero-order valence-corrected chi connectivity index (χ0v) is 8.00. The van der Waals surface area contributed by atoms with Crippen LogP contribution in [0.3, 0.4) is 0 Å². The summed E-state index contributed by atoms with van der Waals surface area (Å²) in [6, 6.07) is -0.785. The predicted octanol–water partition coefficient (Wildman–Crippen LogP) is 0.868. The number of aliphatic carboxylic acids is 1. The first-order valence-electron chi connectivity index (χ1n) is 3.84. The van der Waals surface area contributed by atoms with Gasteiger partial charge in [-0.15, -0.1) is 0 Å². The van der Waals surface area contributed by atoms with Crippen LogP contribution in [0.5, 0.6) is 0 Å². The van der Waals surface area contributed by atoms with Gasteiger partial charge in [-0.25, -0.2) is 0 Å². The summed E-state index contributed by atoms with van der Waals surface area (Å²) in [5.41, 5.74) is 0. The number of carbonyl (C=O) groups is 2. The van der Waals surface area contributed by atoms with Crippen LogP contribution in [0.15, 0.2) is 0 Å². The molecule has 0 rings (SSSR count). The van der Waals surface area contributed by atoms with E-state index in [-0.39, 0.29) is 0 Å². The molecular formula is C8H17NO3. The molecule has 0 aliphatic heterocycles. The van der Waals surface area contributed by atoms with E-state index in [0.29, 0.717) is 6.41 Å².